The first kappa shape index (κ1) is 15.0. The zero-order chi connectivity index (χ0) is 13.7. The normalized spacial score (nSPS) is 12.8. The van der Waals surface area contributed by atoms with Gasteiger partial charge in [-0.25, -0.2) is 0 Å². The van der Waals surface area contributed by atoms with E-state index in [4.69, 9.17) is 5.73 Å². The van der Waals surface area contributed by atoms with Gasteiger partial charge in [0.05, 0.1) is 0 Å². The Labute approximate surface area is 112 Å². The topological polar surface area (TPSA) is 32.5 Å². The standard InChI is InChI=1S/C15H27N3/c1-6-18(13(3)11-17(4)5)15-8-7-14(10-16)12(2)9-15/h7-9,13H,6,10-11,16H2,1-5H3. The highest BCUT2D eigenvalue weighted by Gasteiger charge is 2.14. The lowest BCUT2D eigenvalue weighted by molar-refractivity contribution is 0.373. The Morgan fingerprint density at radius 3 is 2.39 bits per heavy atom. The third-order valence-electron chi connectivity index (χ3n) is 3.38. The number of nitrogens with zero attached hydrogens (tertiary/aromatic N) is 2. The van der Waals surface area contributed by atoms with E-state index >= 15 is 0 Å². The fourth-order valence-corrected chi connectivity index (χ4v) is 2.46. The molecule has 0 aliphatic rings. The van der Waals surface area contributed by atoms with Crippen molar-refractivity contribution in [3.63, 3.8) is 0 Å². The van der Waals surface area contributed by atoms with Crippen LogP contribution in [0.25, 0.3) is 0 Å². The molecule has 0 heterocycles. The molecule has 3 heteroatoms. The van der Waals surface area contributed by atoms with E-state index in [2.05, 4.69) is 62.9 Å². The number of likely N-dealkylation sites (N-methyl/N-ethyl adjacent to an activating group) is 2. The van der Waals surface area contributed by atoms with E-state index in [9.17, 15) is 0 Å². The Kier molecular flexibility index (Phi) is 5.63. The molecule has 1 atom stereocenters. The van der Waals surface area contributed by atoms with E-state index in [1.54, 1.807) is 0 Å². The predicted octanol–water partition coefficient (Wildman–Crippen LogP) is 2.23. The van der Waals surface area contributed by atoms with Crippen LogP contribution in [0.1, 0.15) is 25.0 Å². The lowest BCUT2D eigenvalue weighted by Gasteiger charge is -2.32. The summed E-state index contributed by atoms with van der Waals surface area (Å²) in [5.41, 5.74) is 9.52. The molecule has 0 spiro atoms. The maximum Gasteiger partial charge on any atom is 0.0388 e. The predicted molar refractivity (Wildman–Crippen MR) is 80.1 cm³/mol. The second kappa shape index (κ2) is 6.76. The smallest absolute Gasteiger partial charge is 0.0388 e. The van der Waals surface area contributed by atoms with Crippen LogP contribution < -0.4 is 10.6 Å². The van der Waals surface area contributed by atoms with Crippen LogP contribution in [0.15, 0.2) is 18.2 Å². The minimum absolute atomic E-state index is 0.508. The van der Waals surface area contributed by atoms with Gasteiger partial charge in [0.2, 0.25) is 0 Å². The van der Waals surface area contributed by atoms with Gasteiger partial charge in [0.1, 0.15) is 0 Å². The first-order valence-electron chi connectivity index (χ1n) is 6.70. The molecule has 1 rings (SSSR count). The molecule has 0 saturated carbocycles. The summed E-state index contributed by atoms with van der Waals surface area (Å²) in [5, 5.41) is 0. The highest BCUT2D eigenvalue weighted by molar-refractivity contribution is 5.51. The molecule has 0 aliphatic carbocycles. The van der Waals surface area contributed by atoms with Crippen LogP contribution in [-0.4, -0.2) is 38.1 Å². The lowest BCUT2D eigenvalue weighted by Crippen LogP contribution is -2.40. The molecule has 0 fully saturated rings. The van der Waals surface area contributed by atoms with Crippen molar-refractivity contribution < 1.29 is 0 Å². The number of nitrogens with two attached hydrogens (primary N) is 1. The van der Waals surface area contributed by atoms with E-state index < -0.39 is 0 Å². The van der Waals surface area contributed by atoms with Gasteiger partial charge in [-0.2, -0.15) is 0 Å². The molecule has 0 bridgehead atoms. The minimum atomic E-state index is 0.508. The largest absolute Gasteiger partial charge is 0.368 e. The molecule has 102 valence electrons. The molecule has 0 radical (unpaired) electrons. The first-order valence-corrected chi connectivity index (χ1v) is 6.70. The molecule has 1 unspecified atom stereocenters. The summed E-state index contributed by atoms with van der Waals surface area (Å²) in [6.45, 7) is 9.32. The van der Waals surface area contributed by atoms with Gasteiger partial charge in [0.25, 0.3) is 0 Å². The molecular weight excluding hydrogens is 222 g/mol. The number of benzene rings is 1. The van der Waals surface area contributed by atoms with Gasteiger partial charge in [-0.15, -0.1) is 0 Å². The molecule has 0 aromatic heterocycles. The number of anilines is 1. The molecule has 0 amide bonds. The Balaban J connectivity index is 2.91. The Morgan fingerprint density at radius 1 is 1.28 bits per heavy atom. The fraction of sp³-hybridized carbons (Fsp3) is 0.600. The van der Waals surface area contributed by atoms with Crippen molar-refractivity contribution in [3.05, 3.63) is 29.3 Å². The first-order chi connectivity index (χ1) is 8.49. The quantitative estimate of drug-likeness (QED) is 0.839. The second-order valence-electron chi connectivity index (χ2n) is 5.21. The van der Waals surface area contributed by atoms with E-state index in [1.807, 2.05) is 0 Å². The van der Waals surface area contributed by atoms with Crippen molar-refractivity contribution in [1.29, 1.82) is 0 Å². The Bertz CT molecular complexity index is 374. The fourth-order valence-electron chi connectivity index (χ4n) is 2.46. The van der Waals surface area contributed by atoms with E-state index in [0.29, 0.717) is 12.6 Å². The van der Waals surface area contributed by atoms with Crippen LogP contribution >= 0.6 is 0 Å². The molecule has 3 nitrogen and oxygen atoms in total. The Morgan fingerprint density at radius 2 is 1.94 bits per heavy atom. The molecule has 18 heavy (non-hydrogen) atoms. The van der Waals surface area contributed by atoms with Gasteiger partial charge < -0.3 is 15.5 Å². The third kappa shape index (κ3) is 3.72. The van der Waals surface area contributed by atoms with Crippen LogP contribution in [0.4, 0.5) is 5.69 Å². The lowest BCUT2D eigenvalue weighted by atomic mass is 10.1. The summed E-state index contributed by atoms with van der Waals surface area (Å²) in [4.78, 5) is 4.67. The second-order valence-corrected chi connectivity index (χ2v) is 5.21. The summed E-state index contributed by atoms with van der Waals surface area (Å²) >= 11 is 0. The highest BCUT2D eigenvalue weighted by atomic mass is 15.2. The molecule has 1 aromatic rings. The summed E-state index contributed by atoms with van der Waals surface area (Å²) in [6.07, 6.45) is 0. The molecule has 2 N–H and O–H groups in total. The van der Waals surface area contributed by atoms with Crippen LogP contribution in [0, 0.1) is 6.92 Å². The van der Waals surface area contributed by atoms with Crippen molar-refractivity contribution in [2.24, 2.45) is 5.73 Å². The highest BCUT2D eigenvalue weighted by Crippen LogP contribution is 2.21. The number of hydrogen-bond acceptors (Lipinski definition) is 3. The van der Waals surface area contributed by atoms with Gasteiger partial charge >= 0.3 is 0 Å². The van der Waals surface area contributed by atoms with Crippen LogP contribution in [0.5, 0.6) is 0 Å². The van der Waals surface area contributed by atoms with Crippen molar-refractivity contribution in [2.75, 3.05) is 32.1 Å². The third-order valence-corrected chi connectivity index (χ3v) is 3.38. The van der Waals surface area contributed by atoms with Gasteiger partial charge in [-0.1, -0.05) is 6.07 Å². The molecule has 0 saturated heterocycles. The van der Waals surface area contributed by atoms with E-state index in [0.717, 1.165) is 13.1 Å². The van der Waals surface area contributed by atoms with E-state index in [1.165, 1.54) is 16.8 Å². The summed E-state index contributed by atoms with van der Waals surface area (Å²) < 4.78 is 0. The van der Waals surface area contributed by atoms with Crippen molar-refractivity contribution in [3.8, 4) is 0 Å². The van der Waals surface area contributed by atoms with Gasteiger partial charge in [0.15, 0.2) is 0 Å². The monoisotopic (exact) mass is 249 g/mol. The molecular formula is C15H27N3. The van der Waals surface area contributed by atoms with E-state index in [-0.39, 0.29) is 0 Å². The zero-order valence-corrected chi connectivity index (χ0v) is 12.4. The average molecular weight is 249 g/mol. The van der Waals surface area contributed by atoms with Gasteiger partial charge in [-0.3, -0.25) is 0 Å². The molecule has 1 aromatic carbocycles. The van der Waals surface area contributed by atoms with Crippen LogP contribution in [0.3, 0.4) is 0 Å². The van der Waals surface area contributed by atoms with Crippen LogP contribution in [-0.2, 0) is 6.54 Å². The maximum absolute atomic E-state index is 5.71. The number of hydrogen-bond donors (Lipinski definition) is 1. The van der Waals surface area contributed by atoms with Gasteiger partial charge in [0, 0.05) is 31.4 Å². The number of aryl methyl sites for hydroxylation is 1. The minimum Gasteiger partial charge on any atom is -0.368 e. The number of rotatable bonds is 6. The van der Waals surface area contributed by atoms with Crippen molar-refractivity contribution in [2.45, 2.75) is 33.4 Å². The Hall–Kier alpha value is -1.06. The molecule has 0 aliphatic heterocycles. The summed E-state index contributed by atoms with van der Waals surface area (Å²) in [7, 11) is 4.24. The van der Waals surface area contributed by atoms with Crippen molar-refractivity contribution in [1.82, 2.24) is 4.90 Å². The zero-order valence-electron chi connectivity index (χ0n) is 12.4. The van der Waals surface area contributed by atoms with Crippen LogP contribution in [0.2, 0.25) is 0 Å². The average Bonchev–Trinajstić information content (AvgIpc) is 2.29. The van der Waals surface area contributed by atoms with Crippen molar-refractivity contribution >= 4 is 5.69 Å². The SMILES string of the molecule is CCN(c1ccc(CN)c(C)c1)C(C)CN(C)C. The summed E-state index contributed by atoms with van der Waals surface area (Å²) in [5.74, 6) is 0. The maximum atomic E-state index is 5.71. The summed E-state index contributed by atoms with van der Waals surface area (Å²) in [6, 6.07) is 7.09. The van der Waals surface area contributed by atoms with Gasteiger partial charge in [-0.05, 0) is 58.1 Å².